The molecule has 5 nitrogen and oxygen atoms in total. The van der Waals surface area contributed by atoms with Crippen molar-refractivity contribution in [2.75, 3.05) is 44.2 Å². The fourth-order valence-electron chi connectivity index (χ4n) is 4.33. The lowest BCUT2D eigenvalue weighted by molar-refractivity contribution is 0.255. The lowest BCUT2D eigenvalue weighted by Crippen LogP contribution is -2.47. The van der Waals surface area contributed by atoms with Gasteiger partial charge >= 0.3 is 0 Å². The molecular formula is C24H34ClN3O2S. The Bertz CT molecular complexity index is 999. The first-order chi connectivity index (χ1) is 14.6. The SMILES string of the molecule is Cc1c(C)c(C)c(S(=O)(=O)NCCCN2CCN(c3ccc(Cl)cc3)CC2)c(C)c1C. The van der Waals surface area contributed by atoms with Crippen LogP contribution in [0.4, 0.5) is 5.69 Å². The molecule has 0 unspecified atom stereocenters. The molecule has 0 atom stereocenters. The van der Waals surface area contributed by atoms with Gasteiger partial charge in [0.15, 0.2) is 0 Å². The van der Waals surface area contributed by atoms with Crippen molar-refractivity contribution in [1.29, 1.82) is 0 Å². The number of rotatable bonds is 7. The molecule has 1 aliphatic rings. The lowest BCUT2D eigenvalue weighted by Gasteiger charge is -2.36. The van der Waals surface area contributed by atoms with E-state index in [2.05, 4.69) is 33.6 Å². The maximum atomic E-state index is 13.0. The van der Waals surface area contributed by atoms with Gasteiger partial charge in [-0.3, -0.25) is 4.90 Å². The second kappa shape index (κ2) is 9.90. The summed E-state index contributed by atoms with van der Waals surface area (Å²) in [5, 5.41) is 0.756. The number of benzene rings is 2. The van der Waals surface area contributed by atoms with Gasteiger partial charge in [-0.05, 0) is 99.7 Å². The molecular weight excluding hydrogens is 430 g/mol. The van der Waals surface area contributed by atoms with E-state index in [9.17, 15) is 8.42 Å². The number of hydrogen-bond acceptors (Lipinski definition) is 4. The van der Waals surface area contributed by atoms with Crippen molar-refractivity contribution in [3.05, 3.63) is 57.1 Å². The largest absolute Gasteiger partial charge is 0.369 e. The molecule has 0 saturated carbocycles. The van der Waals surface area contributed by atoms with E-state index < -0.39 is 10.0 Å². The van der Waals surface area contributed by atoms with E-state index in [-0.39, 0.29) is 0 Å². The fraction of sp³-hybridized carbons (Fsp3) is 0.500. The van der Waals surface area contributed by atoms with Crippen LogP contribution in [0.2, 0.25) is 5.02 Å². The van der Waals surface area contributed by atoms with Gasteiger partial charge in [0.05, 0.1) is 4.90 Å². The van der Waals surface area contributed by atoms with Crippen LogP contribution < -0.4 is 9.62 Å². The smallest absolute Gasteiger partial charge is 0.241 e. The fourth-order valence-corrected chi connectivity index (χ4v) is 6.13. The number of nitrogens with one attached hydrogen (secondary N) is 1. The van der Waals surface area contributed by atoms with Crippen molar-refractivity contribution >= 4 is 27.3 Å². The molecule has 1 N–H and O–H groups in total. The Balaban J connectivity index is 1.51. The zero-order valence-electron chi connectivity index (χ0n) is 19.3. The Hall–Kier alpha value is -1.60. The third-order valence-corrected chi connectivity index (χ3v) is 8.69. The molecule has 0 aliphatic carbocycles. The predicted octanol–water partition coefficient (Wildman–Crippen LogP) is 4.37. The van der Waals surface area contributed by atoms with Gasteiger partial charge in [0.25, 0.3) is 0 Å². The van der Waals surface area contributed by atoms with Gasteiger partial charge in [0.1, 0.15) is 0 Å². The van der Waals surface area contributed by atoms with E-state index in [4.69, 9.17) is 11.6 Å². The molecule has 7 heteroatoms. The summed E-state index contributed by atoms with van der Waals surface area (Å²) >= 11 is 5.98. The third-order valence-electron chi connectivity index (χ3n) is 6.71. The molecule has 0 aromatic heterocycles. The van der Waals surface area contributed by atoms with Crippen LogP contribution in [0.15, 0.2) is 29.2 Å². The maximum Gasteiger partial charge on any atom is 0.241 e. The van der Waals surface area contributed by atoms with E-state index in [0.29, 0.717) is 11.4 Å². The first-order valence-electron chi connectivity index (χ1n) is 10.9. The van der Waals surface area contributed by atoms with E-state index in [1.165, 1.54) is 11.3 Å². The second-order valence-electron chi connectivity index (χ2n) is 8.51. The second-order valence-corrected chi connectivity index (χ2v) is 10.7. The van der Waals surface area contributed by atoms with Crippen LogP contribution in [0.5, 0.6) is 0 Å². The summed E-state index contributed by atoms with van der Waals surface area (Å²) in [6.07, 6.45) is 0.794. The molecule has 1 fully saturated rings. The van der Waals surface area contributed by atoms with Gasteiger partial charge in [-0.2, -0.15) is 0 Å². The molecule has 2 aromatic rings. The highest BCUT2D eigenvalue weighted by atomic mass is 35.5. The summed E-state index contributed by atoms with van der Waals surface area (Å²) in [6, 6.07) is 7.97. The third kappa shape index (κ3) is 5.43. The molecule has 1 saturated heterocycles. The number of nitrogens with zero attached hydrogens (tertiary/aromatic N) is 2. The number of hydrogen-bond donors (Lipinski definition) is 1. The maximum absolute atomic E-state index is 13.0. The average Bonchev–Trinajstić information content (AvgIpc) is 2.75. The van der Waals surface area contributed by atoms with Gasteiger partial charge in [-0.1, -0.05) is 11.6 Å². The number of anilines is 1. The molecule has 1 aliphatic heterocycles. The van der Waals surface area contributed by atoms with Crippen LogP contribution in [-0.4, -0.2) is 52.6 Å². The van der Waals surface area contributed by atoms with E-state index in [1.54, 1.807) is 0 Å². The molecule has 2 aromatic carbocycles. The summed E-state index contributed by atoms with van der Waals surface area (Å²) in [6.45, 7) is 15.1. The molecule has 0 spiro atoms. The van der Waals surface area contributed by atoms with Crippen LogP contribution >= 0.6 is 11.6 Å². The van der Waals surface area contributed by atoms with Crippen LogP contribution in [0.25, 0.3) is 0 Å². The highest BCUT2D eigenvalue weighted by Gasteiger charge is 2.23. The van der Waals surface area contributed by atoms with Gasteiger partial charge in [-0.15, -0.1) is 0 Å². The van der Waals surface area contributed by atoms with Gasteiger partial charge in [0.2, 0.25) is 10.0 Å². The highest BCUT2D eigenvalue weighted by Crippen LogP contribution is 2.29. The average molecular weight is 464 g/mol. The monoisotopic (exact) mass is 463 g/mol. The Morgan fingerprint density at radius 2 is 1.35 bits per heavy atom. The molecule has 0 amide bonds. The zero-order valence-corrected chi connectivity index (χ0v) is 20.8. The minimum Gasteiger partial charge on any atom is -0.369 e. The standard InChI is InChI=1S/C24H34ClN3O2S/c1-17-18(2)20(4)24(21(5)19(17)3)31(29,30)26-11-6-12-27-13-15-28(16-14-27)23-9-7-22(25)8-10-23/h7-10,26H,6,11-16H2,1-5H3. The van der Waals surface area contributed by atoms with E-state index >= 15 is 0 Å². The van der Waals surface area contributed by atoms with Crippen LogP contribution in [0.1, 0.15) is 34.2 Å². The normalized spacial score (nSPS) is 15.5. The summed E-state index contributed by atoms with van der Waals surface area (Å²) in [4.78, 5) is 5.21. The number of piperazine rings is 1. The van der Waals surface area contributed by atoms with Crippen molar-refractivity contribution < 1.29 is 8.42 Å². The molecule has 3 rings (SSSR count). The lowest BCUT2D eigenvalue weighted by atomic mass is 9.95. The van der Waals surface area contributed by atoms with Crippen LogP contribution in [0.3, 0.4) is 0 Å². The Labute approximate surface area is 192 Å². The first kappa shape index (κ1) is 24.1. The molecule has 0 radical (unpaired) electrons. The summed E-state index contributed by atoms with van der Waals surface area (Å²) in [7, 11) is -3.52. The zero-order chi connectivity index (χ0) is 22.8. The van der Waals surface area contributed by atoms with Crippen LogP contribution in [-0.2, 0) is 10.0 Å². The van der Waals surface area contributed by atoms with Crippen molar-refractivity contribution in [3.8, 4) is 0 Å². The Morgan fingerprint density at radius 1 is 0.839 bits per heavy atom. The predicted molar refractivity (Wildman–Crippen MR) is 130 cm³/mol. The number of sulfonamides is 1. The van der Waals surface area contributed by atoms with Crippen molar-refractivity contribution in [2.24, 2.45) is 0 Å². The first-order valence-corrected chi connectivity index (χ1v) is 12.8. The highest BCUT2D eigenvalue weighted by molar-refractivity contribution is 7.89. The van der Waals surface area contributed by atoms with Crippen molar-refractivity contribution in [3.63, 3.8) is 0 Å². The van der Waals surface area contributed by atoms with Crippen LogP contribution in [0, 0.1) is 34.6 Å². The number of halogens is 1. The summed E-state index contributed by atoms with van der Waals surface area (Å²) < 4.78 is 28.9. The Kier molecular flexibility index (Phi) is 7.68. The molecule has 0 bridgehead atoms. The molecule has 170 valence electrons. The van der Waals surface area contributed by atoms with Gasteiger partial charge in [0, 0.05) is 43.4 Å². The van der Waals surface area contributed by atoms with Gasteiger partial charge < -0.3 is 4.90 Å². The topological polar surface area (TPSA) is 52.7 Å². The molecule has 31 heavy (non-hydrogen) atoms. The summed E-state index contributed by atoms with van der Waals surface area (Å²) in [5.74, 6) is 0. The van der Waals surface area contributed by atoms with E-state index in [0.717, 1.165) is 66.4 Å². The van der Waals surface area contributed by atoms with Gasteiger partial charge in [-0.25, -0.2) is 13.1 Å². The van der Waals surface area contributed by atoms with Crippen molar-refractivity contribution in [2.45, 2.75) is 45.9 Å². The quantitative estimate of drug-likeness (QED) is 0.619. The minimum absolute atomic E-state index is 0.449. The Morgan fingerprint density at radius 3 is 1.90 bits per heavy atom. The minimum atomic E-state index is -3.52. The molecule has 1 heterocycles. The summed E-state index contributed by atoms with van der Waals surface area (Å²) in [5.41, 5.74) is 6.19. The van der Waals surface area contributed by atoms with E-state index in [1.807, 2.05) is 39.8 Å². The van der Waals surface area contributed by atoms with Crippen molar-refractivity contribution in [1.82, 2.24) is 9.62 Å².